The van der Waals surface area contributed by atoms with Crippen molar-refractivity contribution in [1.82, 2.24) is 14.7 Å². The van der Waals surface area contributed by atoms with E-state index in [4.69, 9.17) is 0 Å². The number of nitriles is 1. The van der Waals surface area contributed by atoms with Gasteiger partial charge in [-0.05, 0) is 18.3 Å². The van der Waals surface area contributed by atoms with Crippen molar-refractivity contribution < 1.29 is 9.59 Å². The highest BCUT2D eigenvalue weighted by Gasteiger charge is 2.26. The fourth-order valence-electron chi connectivity index (χ4n) is 3.53. The minimum Gasteiger partial charge on any atom is -0.376 e. The summed E-state index contributed by atoms with van der Waals surface area (Å²) in [4.78, 5) is 29.4. The lowest BCUT2D eigenvalue weighted by atomic mass is 9.92. The molecule has 2 aliphatic heterocycles. The number of amides is 2. The smallest absolute Gasteiger partial charge is 0.266 e. The van der Waals surface area contributed by atoms with Crippen LogP contribution >= 0.6 is 0 Å². The van der Waals surface area contributed by atoms with E-state index in [-0.39, 0.29) is 17.4 Å². The van der Waals surface area contributed by atoms with Gasteiger partial charge < -0.3 is 14.7 Å². The molecule has 6 nitrogen and oxygen atoms in total. The number of hydrogen-bond donors (Lipinski definition) is 0. The first kappa shape index (κ1) is 17.3. The summed E-state index contributed by atoms with van der Waals surface area (Å²) in [6.45, 7) is 9.78. The van der Waals surface area contributed by atoms with Crippen LogP contribution in [0.25, 0.3) is 0 Å². The van der Waals surface area contributed by atoms with Crippen LogP contribution in [0.2, 0.25) is 0 Å². The lowest BCUT2D eigenvalue weighted by molar-refractivity contribution is -0.136. The van der Waals surface area contributed by atoms with Gasteiger partial charge in [-0.3, -0.25) is 9.59 Å². The summed E-state index contributed by atoms with van der Waals surface area (Å²) >= 11 is 0. The second-order valence-electron chi connectivity index (χ2n) is 6.85. The van der Waals surface area contributed by atoms with Gasteiger partial charge in [0.25, 0.3) is 5.91 Å². The maximum Gasteiger partial charge on any atom is 0.266 e. The third-order valence-electron chi connectivity index (χ3n) is 4.57. The number of likely N-dealkylation sites (tertiary alicyclic amines) is 1. The number of rotatable bonds is 2. The van der Waals surface area contributed by atoms with Crippen LogP contribution in [0.1, 0.15) is 27.2 Å². The lowest BCUT2D eigenvalue weighted by Crippen LogP contribution is -2.50. The van der Waals surface area contributed by atoms with Crippen LogP contribution in [0.15, 0.2) is 11.8 Å². The number of hydrogen-bond acceptors (Lipinski definition) is 4. The summed E-state index contributed by atoms with van der Waals surface area (Å²) in [5, 5.41) is 9.37. The largest absolute Gasteiger partial charge is 0.376 e. The van der Waals surface area contributed by atoms with Crippen molar-refractivity contribution in [3.8, 4) is 6.07 Å². The zero-order valence-corrected chi connectivity index (χ0v) is 14.3. The van der Waals surface area contributed by atoms with Crippen LogP contribution in [0.3, 0.4) is 0 Å². The molecule has 2 atom stereocenters. The number of piperazine rings is 1. The summed E-state index contributed by atoms with van der Waals surface area (Å²) in [6.07, 6.45) is 2.92. The molecule has 0 spiro atoms. The minimum absolute atomic E-state index is 0.0319. The monoisotopic (exact) mass is 318 g/mol. The molecule has 0 aromatic carbocycles. The van der Waals surface area contributed by atoms with Crippen molar-refractivity contribution in [1.29, 1.82) is 5.26 Å². The van der Waals surface area contributed by atoms with E-state index in [1.165, 1.54) is 13.3 Å². The first-order chi connectivity index (χ1) is 10.9. The molecule has 0 saturated carbocycles. The molecule has 2 fully saturated rings. The SMILES string of the molecule is CC(=O)N1CCN(C(=O)/C(C#N)=C\N2CC(C)CC(C)C2)CC1. The molecule has 2 saturated heterocycles. The van der Waals surface area contributed by atoms with Crippen LogP contribution in [0.5, 0.6) is 0 Å². The Labute approximate surface area is 138 Å². The predicted octanol–water partition coefficient (Wildman–Crippen LogP) is 1.06. The second kappa shape index (κ2) is 7.49. The van der Waals surface area contributed by atoms with Gasteiger partial charge in [0.2, 0.25) is 5.91 Å². The first-order valence-corrected chi connectivity index (χ1v) is 8.31. The Bertz CT molecular complexity index is 519. The van der Waals surface area contributed by atoms with Gasteiger partial charge in [0.1, 0.15) is 11.6 Å². The van der Waals surface area contributed by atoms with Gasteiger partial charge in [-0.1, -0.05) is 13.8 Å². The van der Waals surface area contributed by atoms with Gasteiger partial charge in [0, 0.05) is 52.4 Å². The highest BCUT2D eigenvalue weighted by Crippen LogP contribution is 2.22. The molecule has 0 radical (unpaired) electrons. The molecule has 2 unspecified atom stereocenters. The molecular weight excluding hydrogens is 292 g/mol. The number of carbonyl (C=O) groups excluding carboxylic acids is 2. The Morgan fingerprint density at radius 2 is 1.57 bits per heavy atom. The highest BCUT2D eigenvalue weighted by atomic mass is 16.2. The van der Waals surface area contributed by atoms with Crippen LogP contribution < -0.4 is 0 Å². The fraction of sp³-hybridized carbons (Fsp3) is 0.706. The molecule has 2 amide bonds. The number of nitrogens with zero attached hydrogens (tertiary/aromatic N) is 4. The van der Waals surface area contributed by atoms with E-state index in [0.29, 0.717) is 38.0 Å². The molecule has 6 heteroatoms. The van der Waals surface area contributed by atoms with E-state index < -0.39 is 0 Å². The van der Waals surface area contributed by atoms with Crippen LogP contribution in [0, 0.1) is 23.2 Å². The van der Waals surface area contributed by atoms with Crippen LogP contribution in [0.4, 0.5) is 0 Å². The van der Waals surface area contributed by atoms with Gasteiger partial charge in [-0.2, -0.15) is 5.26 Å². The van der Waals surface area contributed by atoms with E-state index in [0.717, 1.165) is 13.1 Å². The summed E-state index contributed by atoms with van der Waals surface area (Å²) in [7, 11) is 0. The first-order valence-electron chi connectivity index (χ1n) is 8.31. The van der Waals surface area contributed by atoms with Crippen LogP contribution in [-0.4, -0.2) is 65.8 Å². The molecule has 0 bridgehead atoms. The molecule has 126 valence electrons. The molecule has 23 heavy (non-hydrogen) atoms. The van der Waals surface area contributed by atoms with Crippen LogP contribution in [-0.2, 0) is 9.59 Å². The predicted molar refractivity (Wildman–Crippen MR) is 87.0 cm³/mol. The Kier molecular flexibility index (Phi) is 5.64. The minimum atomic E-state index is -0.221. The van der Waals surface area contributed by atoms with E-state index in [1.807, 2.05) is 0 Å². The molecule has 2 rings (SSSR count). The van der Waals surface area contributed by atoms with Gasteiger partial charge >= 0.3 is 0 Å². The van der Waals surface area contributed by atoms with Crippen molar-refractivity contribution in [2.45, 2.75) is 27.2 Å². The fourth-order valence-corrected chi connectivity index (χ4v) is 3.53. The summed E-state index contributed by atoms with van der Waals surface area (Å²) in [5.41, 5.74) is 0.197. The zero-order chi connectivity index (χ0) is 17.0. The van der Waals surface area contributed by atoms with Crippen molar-refractivity contribution >= 4 is 11.8 Å². The zero-order valence-electron chi connectivity index (χ0n) is 14.3. The Balaban J connectivity index is 2.00. The third kappa shape index (κ3) is 4.47. The summed E-state index contributed by atoms with van der Waals surface area (Å²) in [6, 6.07) is 2.06. The third-order valence-corrected chi connectivity index (χ3v) is 4.57. The number of carbonyl (C=O) groups is 2. The summed E-state index contributed by atoms with van der Waals surface area (Å²) in [5.74, 6) is 0.958. The Morgan fingerprint density at radius 3 is 2.04 bits per heavy atom. The van der Waals surface area contributed by atoms with Crippen molar-refractivity contribution in [2.24, 2.45) is 11.8 Å². The quantitative estimate of drug-likeness (QED) is 0.564. The summed E-state index contributed by atoms with van der Waals surface area (Å²) < 4.78 is 0. The molecule has 0 aromatic heterocycles. The lowest BCUT2D eigenvalue weighted by Gasteiger charge is -2.36. The van der Waals surface area contributed by atoms with Crippen molar-refractivity contribution in [2.75, 3.05) is 39.3 Å². The average Bonchev–Trinajstić information content (AvgIpc) is 2.51. The molecule has 0 N–H and O–H groups in total. The Morgan fingerprint density at radius 1 is 1.04 bits per heavy atom. The van der Waals surface area contributed by atoms with Crippen molar-refractivity contribution in [3.63, 3.8) is 0 Å². The maximum atomic E-state index is 12.5. The Hall–Kier alpha value is -2.03. The molecule has 0 aromatic rings. The van der Waals surface area contributed by atoms with Gasteiger partial charge in [-0.15, -0.1) is 0 Å². The maximum absolute atomic E-state index is 12.5. The van der Waals surface area contributed by atoms with E-state index in [1.54, 1.807) is 16.0 Å². The molecule has 0 aliphatic carbocycles. The second-order valence-corrected chi connectivity index (χ2v) is 6.85. The van der Waals surface area contributed by atoms with Gasteiger partial charge in [0.15, 0.2) is 0 Å². The number of piperidine rings is 1. The van der Waals surface area contributed by atoms with Gasteiger partial charge in [-0.25, -0.2) is 0 Å². The standard InChI is InChI=1S/C17H26N4O2/c1-13-8-14(2)11-19(10-13)12-16(9-18)17(23)21-6-4-20(5-7-21)15(3)22/h12-14H,4-8,10-11H2,1-3H3/b16-12-. The van der Waals surface area contributed by atoms with E-state index in [9.17, 15) is 14.9 Å². The molecular formula is C17H26N4O2. The van der Waals surface area contributed by atoms with Crippen molar-refractivity contribution in [3.05, 3.63) is 11.8 Å². The van der Waals surface area contributed by atoms with E-state index >= 15 is 0 Å². The normalized spacial score (nSPS) is 26.0. The molecule has 2 aliphatic rings. The highest BCUT2D eigenvalue weighted by molar-refractivity contribution is 5.97. The van der Waals surface area contributed by atoms with E-state index in [2.05, 4.69) is 24.8 Å². The average molecular weight is 318 g/mol. The van der Waals surface area contributed by atoms with Gasteiger partial charge in [0.05, 0.1) is 0 Å². The molecule has 2 heterocycles. The topological polar surface area (TPSA) is 67.6 Å².